The fourth-order valence-electron chi connectivity index (χ4n) is 2.08. The number of aryl methyl sites for hydroxylation is 1. The van der Waals surface area contributed by atoms with Gasteiger partial charge in [0.2, 0.25) is 0 Å². The van der Waals surface area contributed by atoms with Gasteiger partial charge in [0, 0.05) is 28.4 Å². The number of halogens is 1. The van der Waals surface area contributed by atoms with Crippen molar-refractivity contribution < 1.29 is 9.72 Å². The second kappa shape index (κ2) is 8.08. The van der Waals surface area contributed by atoms with Crippen molar-refractivity contribution in [2.45, 2.75) is 13.3 Å². The average molecular weight is 356 g/mol. The molecule has 0 heterocycles. The second-order valence-electron chi connectivity index (χ2n) is 5.14. The molecule has 2 aromatic carbocycles. The molecule has 7 heteroatoms. The molecule has 0 aliphatic rings. The molecule has 1 amide bonds. The monoisotopic (exact) mass is 355 g/mol. The van der Waals surface area contributed by atoms with Crippen molar-refractivity contribution in [2.24, 2.45) is 0 Å². The number of carbonyl (C=O) groups excluding carboxylic acids is 1. The number of amides is 1. The first-order chi connectivity index (χ1) is 11.9. The summed E-state index contributed by atoms with van der Waals surface area (Å²) in [7, 11) is 0. The van der Waals surface area contributed by atoms with E-state index in [0.29, 0.717) is 5.69 Å². The molecule has 0 saturated heterocycles. The van der Waals surface area contributed by atoms with Crippen molar-refractivity contribution in [3.05, 3.63) is 74.3 Å². The van der Waals surface area contributed by atoms with Crippen molar-refractivity contribution >= 4 is 35.0 Å². The molecule has 2 rings (SSSR count). The lowest BCUT2D eigenvalue weighted by Crippen LogP contribution is -2.13. The van der Waals surface area contributed by atoms with Gasteiger partial charge in [-0.05, 0) is 36.3 Å². The Labute approximate surface area is 149 Å². The van der Waals surface area contributed by atoms with Crippen LogP contribution in [0.5, 0.6) is 0 Å². The first kappa shape index (κ1) is 18.2. The number of benzene rings is 2. The smallest absolute Gasteiger partial charge is 0.270 e. The summed E-state index contributed by atoms with van der Waals surface area (Å²) in [6.07, 6.45) is 2.11. The Morgan fingerprint density at radius 2 is 2.00 bits per heavy atom. The molecule has 0 radical (unpaired) electrons. The number of hydrogen-bond acceptors (Lipinski definition) is 4. The molecule has 0 aromatic heterocycles. The van der Waals surface area contributed by atoms with Gasteiger partial charge < -0.3 is 5.32 Å². The SMILES string of the molecule is CCc1ccc(NC(=O)/C(C#N)=C/c2cc([N+](=O)[O-])ccc2Cl)cc1. The lowest BCUT2D eigenvalue weighted by Gasteiger charge is -2.06. The third-order valence-electron chi connectivity index (χ3n) is 3.48. The van der Waals surface area contributed by atoms with E-state index in [9.17, 15) is 20.2 Å². The van der Waals surface area contributed by atoms with Crippen molar-refractivity contribution in [3.8, 4) is 6.07 Å². The highest BCUT2D eigenvalue weighted by Gasteiger charge is 2.13. The van der Waals surface area contributed by atoms with E-state index in [0.717, 1.165) is 12.0 Å². The molecule has 0 bridgehead atoms. The molecule has 6 nitrogen and oxygen atoms in total. The van der Waals surface area contributed by atoms with Gasteiger partial charge in [0.05, 0.1) is 4.92 Å². The van der Waals surface area contributed by atoms with E-state index < -0.39 is 10.8 Å². The molecule has 2 aromatic rings. The minimum atomic E-state index is -0.616. The summed E-state index contributed by atoms with van der Waals surface area (Å²) in [4.78, 5) is 22.5. The highest BCUT2D eigenvalue weighted by atomic mass is 35.5. The number of nitrogens with one attached hydrogen (secondary N) is 1. The minimum absolute atomic E-state index is 0.177. The molecule has 25 heavy (non-hydrogen) atoms. The summed E-state index contributed by atoms with van der Waals surface area (Å²) in [5.74, 6) is -0.616. The first-order valence-electron chi connectivity index (χ1n) is 7.40. The van der Waals surface area contributed by atoms with Gasteiger partial charge in [-0.25, -0.2) is 0 Å². The van der Waals surface area contributed by atoms with Crippen LogP contribution in [0.1, 0.15) is 18.1 Å². The molecule has 126 valence electrons. The van der Waals surface area contributed by atoms with E-state index in [1.54, 1.807) is 18.2 Å². The molecule has 0 atom stereocenters. The Morgan fingerprint density at radius 1 is 1.32 bits per heavy atom. The Balaban J connectivity index is 2.27. The number of nitrogens with zero attached hydrogens (tertiary/aromatic N) is 2. The maximum atomic E-state index is 12.3. The van der Waals surface area contributed by atoms with Crippen LogP contribution in [-0.4, -0.2) is 10.8 Å². The highest BCUT2D eigenvalue weighted by molar-refractivity contribution is 6.32. The number of nitro benzene ring substituents is 1. The Kier molecular flexibility index (Phi) is 5.88. The van der Waals surface area contributed by atoms with Crippen LogP contribution in [0.3, 0.4) is 0 Å². The standard InChI is InChI=1S/C18H14ClN3O3/c1-2-12-3-5-15(6-4-12)21-18(23)14(11-20)9-13-10-16(22(24)25)7-8-17(13)19/h3-10H,2H2,1H3,(H,21,23)/b14-9+. The van der Waals surface area contributed by atoms with Gasteiger partial charge >= 0.3 is 0 Å². The van der Waals surface area contributed by atoms with Crippen LogP contribution in [-0.2, 0) is 11.2 Å². The van der Waals surface area contributed by atoms with E-state index in [4.69, 9.17) is 11.6 Å². The molecule has 0 aliphatic heterocycles. The van der Waals surface area contributed by atoms with Crippen LogP contribution in [0.4, 0.5) is 11.4 Å². The molecule has 0 aliphatic carbocycles. The van der Waals surface area contributed by atoms with Crippen molar-refractivity contribution in [1.29, 1.82) is 5.26 Å². The van der Waals surface area contributed by atoms with E-state index in [1.165, 1.54) is 24.3 Å². The molecular formula is C18H14ClN3O3. The fourth-order valence-corrected chi connectivity index (χ4v) is 2.25. The van der Waals surface area contributed by atoms with Crippen molar-refractivity contribution in [2.75, 3.05) is 5.32 Å². The van der Waals surface area contributed by atoms with Gasteiger partial charge in [-0.1, -0.05) is 30.7 Å². The normalized spacial score (nSPS) is 10.8. The zero-order valence-electron chi connectivity index (χ0n) is 13.3. The van der Waals surface area contributed by atoms with Crippen LogP contribution in [0.2, 0.25) is 5.02 Å². The largest absolute Gasteiger partial charge is 0.321 e. The maximum absolute atomic E-state index is 12.3. The van der Waals surface area contributed by atoms with Crippen LogP contribution in [0.15, 0.2) is 48.0 Å². The average Bonchev–Trinajstić information content (AvgIpc) is 2.61. The van der Waals surface area contributed by atoms with Crippen LogP contribution in [0.25, 0.3) is 6.08 Å². The van der Waals surface area contributed by atoms with Gasteiger partial charge in [0.1, 0.15) is 11.6 Å². The van der Waals surface area contributed by atoms with Gasteiger partial charge in [0.15, 0.2) is 0 Å². The number of rotatable bonds is 5. The summed E-state index contributed by atoms with van der Waals surface area (Å²) in [6.45, 7) is 2.02. The summed E-state index contributed by atoms with van der Waals surface area (Å²) >= 11 is 5.99. The van der Waals surface area contributed by atoms with E-state index >= 15 is 0 Å². The summed E-state index contributed by atoms with van der Waals surface area (Å²) in [6, 6.07) is 12.8. The zero-order valence-corrected chi connectivity index (χ0v) is 14.1. The Morgan fingerprint density at radius 3 is 2.56 bits per heavy atom. The predicted molar refractivity (Wildman–Crippen MR) is 96.1 cm³/mol. The van der Waals surface area contributed by atoms with Crippen LogP contribution < -0.4 is 5.32 Å². The van der Waals surface area contributed by atoms with Gasteiger partial charge in [-0.2, -0.15) is 5.26 Å². The number of anilines is 1. The number of carbonyl (C=O) groups is 1. The molecule has 0 saturated carbocycles. The maximum Gasteiger partial charge on any atom is 0.270 e. The van der Waals surface area contributed by atoms with Gasteiger partial charge in [-0.15, -0.1) is 0 Å². The lowest BCUT2D eigenvalue weighted by atomic mass is 10.1. The Hall–Kier alpha value is -3.17. The second-order valence-corrected chi connectivity index (χ2v) is 5.54. The highest BCUT2D eigenvalue weighted by Crippen LogP contribution is 2.24. The number of non-ortho nitro benzene ring substituents is 1. The van der Waals surface area contributed by atoms with E-state index in [1.807, 2.05) is 19.1 Å². The first-order valence-corrected chi connectivity index (χ1v) is 7.78. The molecule has 0 spiro atoms. The summed E-state index contributed by atoms with van der Waals surface area (Å²) in [5.41, 5.74) is 1.51. The van der Waals surface area contributed by atoms with Gasteiger partial charge in [-0.3, -0.25) is 14.9 Å². The predicted octanol–water partition coefficient (Wildman–Crippen LogP) is 4.36. The molecule has 1 N–H and O–H groups in total. The minimum Gasteiger partial charge on any atom is -0.321 e. The van der Waals surface area contributed by atoms with Crippen LogP contribution in [0, 0.1) is 21.4 Å². The number of hydrogen-bond donors (Lipinski definition) is 1. The van der Waals surface area contributed by atoms with Crippen LogP contribution >= 0.6 is 11.6 Å². The van der Waals surface area contributed by atoms with Crippen molar-refractivity contribution in [3.63, 3.8) is 0 Å². The van der Waals surface area contributed by atoms with Crippen molar-refractivity contribution in [1.82, 2.24) is 0 Å². The number of nitriles is 1. The van der Waals surface area contributed by atoms with Gasteiger partial charge in [0.25, 0.3) is 11.6 Å². The summed E-state index contributed by atoms with van der Waals surface area (Å²) in [5, 5.41) is 22.9. The molecular weight excluding hydrogens is 342 g/mol. The van der Waals surface area contributed by atoms with E-state index in [2.05, 4.69) is 5.32 Å². The summed E-state index contributed by atoms with van der Waals surface area (Å²) < 4.78 is 0. The Bertz CT molecular complexity index is 883. The topological polar surface area (TPSA) is 96.0 Å². The zero-order chi connectivity index (χ0) is 18.4. The lowest BCUT2D eigenvalue weighted by molar-refractivity contribution is -0.384. The third-order valence-corrected chi connectivity index (χ3v) is 3.82. The molecule has 0 unspecified atom stereocenters. The quantitative estimate of drug-likeness (QED) is 0.373. The fraction of sp³-hybridized carbons (Fsp3) is 0.111. The number of nitro groups is 1. The van der Waals surface area contributed by atoms with E-state index in [-0.39, 0.29) is 21.8 Å². The molecule has 0 fully saturated rings. The third kappa shape index (κ3) is 4.66.